The zero-order chi connectivity index (χ0) is 19.3. The van der Waals surface area contributed by atoms with Crippen molar-refractivity contribution in [3.63, 3.8) is 0 Å². The topological polar surface area (TPSA) is 87.3 Å². The Morgan fingerprint density at radius 3 is 2.68 bits per heavy atom. The summed E-state index contributed by atoms with van der Waals surface area (Å²) in [6, 6.07) is 10.6. The van der Waals surface area contributed by atoms with Gasteiger partial charge in [0.2, 0.25) is 5.91 Å². The van der Waals surface area contributed by atoms with E-state index in [1.165, 1.54) is 0 Å². The van der Waals surface area contributed by atoms with Gasteiger partial charge in [0.25, 0.3) is 5.91 Å². The van der Waals surface area contributed by atoms with Gasteiger partial charge in [0.1, 0.15) is 6.04 Å². The maximum absolute atomic E-state index is 13.2. The van der Waals surface area contributed by atoms with Gasteiger partial charge in [-0.2, -0.15) is 0 Å². The number of carbonyl (C=O) groups excluding carboxylic acids is 2. The monoisotopic (exact) mass is 378 g/mol. The van der Waals surface area contributed by atoms with E-state index in [4.69, 9.17) is 4.74 Å². The molecule has 1 aromatic carbocycles. The number of aromatic amines is 1. The van der Waals surface area contributed by atoms with Crippen molar-refractivity contribution >= 4 is 22.7 Å². The molecule has 7 nitrogen and oxygen atoms in total. The molecule has 0 spiro atoms. The van der Waals surface area contributed by atoms with Crippen LogP contribution in [0.3, 0.4) is 0 Å². The van der Waals surface area contributed by atoms with Crippen molar-refractivity contribution in [1.29, 1.82) is 0 Å². The largest absolute Gasteiger partial charge is 0.378 e. The molecular formula is C21H22N4O3. The summed E-state index contributed by atoms with van der Waals surface area (Å²) in [5.74, 6) is -0.371. The summed E-state index contributed by atoms with van der Waals surface area (Å²) >= 11 is 0. The van der Waals surface area contributed by atoms with Gasteiger partial charge in [-0.15, -0.1) is 0 Å². The standard InChI is InChI=1S/C21H22N4O3/c26-20(15-5-7-22-8-6-15)24-19(21(27)25-9-11-28-12-10-25)13-16-14-23-18-4-2-1-3-17(16)18/h1-8,14,19,23H,9-13H2,(H,24,26)/t19-/m0/s1. The lowest BCUT2D eigenvalue weighted by molar-refractivity contribution is -0.137. The fraction of sp³-hybridized carbons (Fsp3) is 0.286. The van der Waals surface area contributed by atoms with Crippen LogP contribution in [0.25, 0.3) is 10.9 Å². The number of aromatic nitrogens is 2. The number of rotatable bonds is 5. The van der Waals surface area contributed by atoms with Crippen molar-refractivity contribution in [2.45, 2.75) is 12.5 Å². The van der Waals surface area contributed by atoms with Crippen molar-refractivity contribution in [2.24, 2.45) is 0 Å². The number of carbonyl (C=O) groups is 2. The Bertz CT molecular complexity index is 964. The summed E-state index contributed by atoms with van der Waals surface area (Å²) in [6.07, 6.45) is 5.45. The van der Waals surface area contributed by atoms with Gasteiger partial charge in [0.05, 0.1) is 13.2 Å². The number of amides is 2. The lowest BCUT2D eigenvalue weighted by Gasteiger charge is -2.30. The zero-order valence-electron chi connectivity index (χ0n) is 15.4. The second-order valence-electron chi connectivity index (χ2n) is 6.76. The number of morpholine rings is 1. The molecule has 1 saturated heterocycles. The molecule has 0 saturated carbocycles. The molecular weight excluding hydrogens is 356 g/mol. The van der Waals surface area contributed by atoms with E-state index < -0.39 is 6.04 Å². The Balaban J connectivity index is 1.58. The van der Waals surface area contributed by atoms with E-state index >= 15 is 0 Å². The average Bonchev–Trinajstić information content (AvgIpc) is 3.17. The first-order chi connectivity index (χ1) is 13.7. The number of ether oxygens (including phenoxy) is 1. The lowest BCUT2D eigenvalue weighted by atomic mass is 10.0. The van der Waals surface area contributed by atoms with Crippen molar-refractivity contribution in [1.82, 2.24) is 20.2 Å². The average molecular weight is 378 g/mol. The number of H-pyrrole nitrogens is 1. The third-order valence-corrected chi connectivity index (χ3v) is 4.97. The number of nitrogens with one attached hydrogen (secondary N) is 2. The third kappa shape index (κ3) is 3.89. The summed E-state index contributed by atoms with van der Waals surface area (Å²) in [5, 5.41) is 3.98. The number of hydrogen-bond acceptors (Lipinski definition) is 4. The van der Waals surface area contributed by atoms with Gasteiger partial charge in [-0.05, 0) is 23.8 Å². The van der Waals surface area contributed by atoms with Crippen LogP contribution in [0.2, 0.25) is 0 Å². The first-order valence-corrected chi connectivity index (χ1v) is 9.35. The molecule has 2 aromatic heterocycles. The highest BCUT2D eigenvalue weighted by atomic mass is 16.5. The Kier molecular flexibility index (Phi) is 5.34. The highest BCUT2D eigenvalue weighted by Crippen LogP contribution is 2.20. The van der Waals surface area contributed by atoms with E-state index in [9.17, 15) is 9.59 Å². The molecule has 2 N–H and O–H groups in total. The molecule has 1 atom stereocenters. The second kappa shape index (κ2) is 8.22. The fourth-order valence-corrected chi connectivity index (χ4v) is 3.47. The molecule has 3 heterocycles. The van der Waals surface area contributed by atoms with Gasteiger partial charge in [-0.25, -0.2) is 0 Å². The van der Waals surface area contributed by atoms with E-state index in [-0.39, 0.29) is 11.8 Å². The van der Waals surface area contributed by atoms with Crippen LogP contribution >= 0.6 is 0 Å². The molecule has 0 aliphatic carbocycles. The number of nitrogens with zero attached hydrogens (tertiary/aromatic N) is 2. The van der Waals surface area contributed by atoms with Crippen molar-refractivity contribution in [3.8, 4) is 0 Å². The fourth-order valence-electron chi connectivity index (χ4n) is 3.47. The van der Waals surface area contributed by atoms with Gasteiger partial charge < -0.3 is 19.9 Å². The van der Waals surface area contributed by atoms with Crippen LogP contribution in [-0.4, -0.2) is 59.0 Å². The zero-order valence-corrected chi connectivity index (χ0v) is 15.4. The Labute approximate surface area is 162 Å². The Hall–Kier alpha value is -3.19. The van der Waals surface area contributed by atoms with E-state index in [2.05, 4.69) is 15.3 Å². The van der Waals surface area contributed by atoms with E-state index in [0.717, 1.165) is 16.5 Å². The minimum absolute atomic E-state index is 0.0870. The number of pyridine rings is 1. The predicted octanol–water partition coefficient (Wildman–Crippen LogP) is 1.76. The number of benzene rings is 1. The first kappa shape index (κ1) is 18.2. The molecule has 7 heteroatoms. The van der Waals surface area contributed by atoms with Gasteiger partial charge in [-0.1, -0.05) is 18.2 Å². The van der Waals surface area contributed by atoms with Crippen LogP contribution in [0.1, 0.15) is 15.9 Å². The molecule has 28 heavy (non-hydrogen) atoms. The minimum Gasteiger partial charge on any atom is -0.378 e. The maximum atomic E-state index is 13.2. The van der Waals surface area contributed by atoms with Gasteiger partial charge in [-0.3, -0.25) is 14.6 Å². The molecule has 0 radical (unpaired) electrons. The number of hydrogen-bond donors (Lipinski definition) is 2. The summed E-state index contributed by atoms with van der Waals surface area (Å²) in [7, 11) is 0. The van der Waals surface area contributed by atoms with Crippen molar-refractivity contribution in [2.75, 3.05) is 26.3 Å². The van der Waals surface area contributed by atoms with E-state index in [1.807, 2.05) is 30.5 Å². The number of fused-ring (bicyclic) bond motifs is 1. The van der Waals surface area contributed by atoms with Crippen LogP contribution < -0.4 is 5.32 Å². The van der Waals surface area contributed by atoms with E-state index in [1.54, 1.807) is 29.4 Å². The molecule has 3 aromatic rings. The Morgan fingerprint density at radius 1 is 1.14 bits per heavy atom. The van der Waals surface area contributed by atoms with Crippen LogP contribution in [0, 0.1) is 0 Å². The maximum Gasteiger partial charge on any atom is 0.252 e. The molecule has 1 aliphatic rings. The third-order valence-electron chi connectivity index (χ3n) is 4.97. The van der Waals surface area contributed by atoms with Crippen molar-refractivity contribution in [3.05, 3.63) is 66.1 Å². The molecule has 1 aliphatic heterocycles. The summed E-state index contributed by atoms with van der Waals surface area (Å²) < 4.78 is 5.35. The molecule has 4 rings (SSSR count). The van der Waals surface area contributed by atoms with Gasteiger partial charge in [0.15, 0.2) is 0 Å². The van der Waals surface area contributed by atoms with Gasteiger partial charge >= 0.3 is 0 Å². The van der Waals surface area contributed by atoms with Gasteiger partial charge in [0, 0.05) is 54.6 Å². The summed E-state index contributed by atoms with van der Waals surface area (Å²) in [6.45, 7) is 2.11. The smallest absolute Gasteiger partial charge is 0.252 e. The number of para-hydroxylation sites is 1. The van der Waals surface area contributed by atoms with E-state index in [0.29, 0.717) is 38.3 Å². The predicted molar refractivity (Wildman–Crippen MR) is 105 cm³/mol. The second-order valence-corrected chi connectivity index (χ2v) is 6.76. The normalized spacial score (nSPS) is 15.4. The van der Waals surface area contributed by atoms with Crippen LogP contribution in [0.5, 0.6) is 0 Å². The highest BCUT2D eigenvalue weighted by molar-refractivity contribution is 5.97. The van der Waals surface area contributed by atoms with Crippen LogP contribution in [-0.2, 0) is 16.0 Å². The lowest BCUT2D eigenvalue weighted by Crippen LogP contribution is -2.52. The van der Waals surface area contributed by atoms with Crippen LogP contribution in [0.15, 0.2) is 55.0 Å². The quantitative estimate of drug-likeness (QED) is 0.708. The first-order valence-electron chi connectivity index (χ1n) is 9.35. The minimum atomic E-state index is -0.655. The Morgan fingerprint density at radius 2 is 1.89 bits per heavy atom. The molecule has 2 amide bonds. The molecule has 1 fully saturated rings. The molecule has 0 bridgehead atoms. The molecule has 144 valence electrons. The molecule has 0 unspecified atom stereocenters. The van der Waals surface area contributed by atoms with Crippen LogP contribution in [0.4, 0.5) is 0 Å². The summed E-state index contributed by atoms with van der Waals surface area (Å²) in [4.78, 5) is 34.8. The highest BCUT2D eigenvalue weighted by Gasteiger charge is 2.28. The summed E-state index contributed by atoms with van der Waals surface area (Å²) in [5.41, 5.74) is 2.49. The SMILES string of the molecule is O=C(N[C@@H](Cc1c[nH]c2ccccc12)C(=O)N1CCOCC1)c1ccncc1. The van der Waals surface area contributed by atoms with Crippen molar-refractivity contribution < 1.29 is 14.3 Å².